The van der Waals surface area contributed by atoms with E-state index in [1.807, 2.05) is 31.2 Å². The zero-order valence-electron chi connectivity index (χ0n) is 11.2. The summed E-state index contributed by atoms with van der Waals surface area (Å²) in [4.78, 5) is 18.1. The van der Waals surface area contributed by atoms with E-state index in [1.165, 1.54) is 6.20 Å². The van der Waals surface area contributed by atoms with E-state index in [4.69, 9.17) is 17.3 Å². The smallest absolute Gasteiger partial charge is 0.272 e. The van der Waals surface area contributed by atoms with Crippen molar-refractivity contribution in [3.63, 3.8) is 0 Å². The number of benzene rings is 1. The molecule has 0 saturated carbocycles. The van der Waals surface area contributed by atoms with Gasteiger partial charge >= 0.3 is 0 Å². The number of aromatic nitrogens is 1. The molecule has 1 amide bonds. The second-order valence-corrected chi connectivity index (χ2v) is 4.86. The van der Waals surface area contributed by atoms with Gasteiger partial charge in [0.1, 0.15) is 5.69 Å². The van der Waals surface area contributed by atoms with Crippen LogP contribution in [0.3, 0.4) is 0 Å². The van der Waals surface area contributed by atoms with Crippen LogP contribution in [0.1, 0.15) is 23.0 Å². The van der Waals surface area contributed by atoms with Gasteiger partial charge in [-0.15, -0.1) is 0 Å². The van der Waals surface area contributed by atoms with Gasteiger partial charge in [0.2, 0.25) is 0 Å². The van der Waals surface area contributed by atoms with Crippen molar-refractivity contribution in [1.82, 2.24) is 9.88 Å². The molecule has 0 atom stereocenters. The highest BCUT2D eigenvalue weighted by Crippen LogP contribution is 2.12. The molecule has 5 heteroatoms. The molecule has 20 heavy (non-hydrogen) atoms. The number of nitrogens with zero attached hydrogens (tertiary/aromatic N) is 2. The third-order valence-corrected chi connectivity index (χ3v) is 3.19. The standard InChI is InChI=1S/C15H16ClN3O/c1-2-19(10-11-3-6-13(17)7-4-11)15(20)14-8-5-12(16)9-18-14/h3-9H,2,10,17H2,1H3. The Morgan fingerprint density at radius 3 is 2.50 bits per heavy atom. The summed E-state index contributed by atoms with van der Waals surface area (Å²) in [5, 5.41) is 0.517. The first-order valence-electron chi connectivity index (χ1n) is 6.35. The number of carbonyl (C=O) groups excluding carboxylic acids is 1. The lowest BCUT2D eigenvalue weighted by Gasteiger charge is -2.20. The summed E-state index contributed by atoms with van der Waals surface area (Å²) in [5.74, 6) is -0.110. The maximum Gasteiger partial charge on any atom is 0.272 e. The first-order chi connectivity index (χ1) is 9.60. The number of pyridine rings is 1. The van der Waals surface area contributed by atoms with Crippen LogP contribution in [0.5, 0.6) is 0 Å². The first kappa shape index (κ1) is 14.3. The number of amides is 1. The van der Waals surface area contributed by atoms with Crippen molar-refractivity contribution in [2.75, 3.05) is 12.3 Å². The van der Waals surface area contributed by atoms with Gasteiger partial charge in [-0.05, 0) is 36.8 Å². The zero-order valence-corrected chi connectivity index (χ0v) is 12.0. The van der Waals surface area contributed by atoms with E-state index in [-0.39, 0.29) is 5.91 Å². The van der Waals surface area contributed by atoms with Gasteiger partial charge < -0.3 is 10.6 Å². The number of halogens is 1. The van der Waals surface area contributed by atoms with Gasteiger partial charge in [-0.1, -0.05) is 23.7 Å². The summed E-state index contributed by atoms with van der Waals surface area (Å²) >= 11 is 5.78. The molecule has 0 bridgehead atoms. The van der Waals surface area contributed by atoms with Crippen LogP contribution in [0.25, 0.3) is 0 Å². The van der Waals surface area contributed by atoms with Crippen molar-refractivity contribution in [3.8, 4) is 0 Å². The SMILES string of the molecule is CCN(Cc1ccc(N)cc1)C(=O)c1ccc(Cl)cn1. The molecule has 0 unspecified atom stereocenters. The Labute approximate surface area is 123 Å². The number of carbonyl (C=O) groups is 1. The summed E-state index contributed by atoms with van der Waals surface area (Å²) in [6.07, 6.45) is 1.48. The Bertz CT molecular complexity index is 581. The third kappa shape index (κ3) is 3.48. The van der Waals surface area contributed by atoms with Crippen LogP contribution in [0.2, 0.25) is 5.02 Å². The second kappa shape index (κ2) is 6.39. The average molecular weight is 290 g/mol. The molecule has 0 aliphatic heterocycles. The van der Waals surface area contributed by atoms with Crippen LogP contribution in [0.15, 0.2) is 42.6 Å². The molecule has 1 aromatic heterocycles. The fraction of sp³-hybridized carbons (Fsp3) is 0.200. The van der Waals surface area contributed by atoms with Gasteiger partial charge in [0.15, 0.2) is 0 Å². The third-order valence-electron chi connectivity index (χ3n) is 2.97. The van der Waals surface area contributed by atoms with E-state index in [0.717, 1.165) is 5.56 Å². The predicted octanol–water partition coefficient (Wildman–Crippen LogP) is 2.98. The van der Waals surface area contributed by atoms with E-state index in [9.17, 15) is 4.79 Å². The van der Waals surface area contributed by atoms with Crippen LogP contribution >= 0.6 is 11.6 Å². The van der Waals surface area contributed by atoms with Gasteiger partial charge in [-0.25, -0.2) is 4.98 Å². The lowest BCUT2D eigenvalue weighted by atomic mass is 10.2. The summed E-state index contributed by atoms with van der Waals surface area (Å²) < 4.78 is 0. The summed E-state index contributed by atoms with van der Waals surface area (Å²) in [6, 6.07) is 10.8. The Morgan fingerprint density at radius 1 is 1.25 bits per heavy atom. The van der Waals surface area contributed by atoms with Crippen molar-refractivity contribution in [3.05, 3.63) is 58.9 Å². The number of hydrogen-bond acceptors (Lipinski definition) is 3. The number of nitrogens with two attached hydrogens (primary N) is 1. The fourth-order valence-electron chi connectivity index (χ4n) is 1.83. The average Bonchev–Trinajstić information content (AvgIpc) is 2.47. The molecule has 0 spiro atoms. The minimum atomic E-state index is -0.110. The maximum absolute atomic E-state index is 12.4. The van der Waals surface area contributed by atoms with Crippen LogP contribution in [0, 0.1) is 0 Å². The molecule has 2 rings (SSSR count). The summed E-state index contributed by atoms with van der Waals surface area (Å²) in [6.45, 7) is 3.07. The predicted molar refractivity (Wildman–Crippen MR) is 80.5 cm³/mol. The van der Waals surface area contributed by atoms with E-state index in [2.05, 4.69) is 4.98 Å². The number of rotatable bonds is 4. The Kier molecular flexibility index (Phi) is 4.58. The molecule has 2 N–H and O–H groups in total. The van der Waals surface area contributed by atoms with E-state index >= 15 is 0 Å². The van der Waals surface area contributed by atoms with Crippen LogP contribution in [-0.2, 0) is 6.54 Å². The molecule has 2 aromatic rings. The molecule has 4 nitrogen and oxygen atoms in total. The minimum Gasteiger partial charge on any atom is -0.399 e. The van der Waals surface area contributed by atoms with Crippen molar-refractivity contribution in [1.29, 1.82) is 0 Å². The van der Waals surface area contributed by atoms with Gasteiger partial charge in [0.05, 0.1) is 5.02 Å². The molecule has 104 valence electrons. The fourth-order valence-corrected chi connectivity index (χ4v) is 1.95. The van der Waals surface area contributed by atoms with Gasteiger partial charge in [0, 0.05) is 25.0 Å². The number of nitrogen functional groups attached to an aromatic ring is 1. The highest BCUT2D eigenvalue weighted by molar-refractivity contribution is 6.30. The largest absolute Gasteiger partial charge is 0.399 e. The van der Waals surface area contributed by atoms with Crippen molar-refractivity contribution < 1.29 is 4.79 Å². The van der Waals surface area contributed by atoms with Crippen LogP contribution < -0.4 is 5.73 Å². The molecular formula is C15H16ClN3O. The lowest BCUT2D eigenvalue weighted by molar-refractivity contribution is 0.0746. The number of anilines is 1. The second-order valence-electron chi connectivity index (χ2n) is 4.42. The highest BCUT2D eigenvalue weighted by atomic mass is 35.5. The molecule has 0 aliphatic carbocycles. The van der Waals surface area contributed by atoms with E-state index in [0.29, 0.717) is 29.5 Å². The topological polar surface area (TPSA) is 59.2 Å². The molecule has 1 heterocycles. The number of hydrogen-bond donors (Lipinski definition) is 1. The molecular weight excluding hydrogens is 274 g/mol. The molecule has 0 aliphatic rings. The summed E-state index contributed by atoms with van der Waals surface area (Å²) in [5.41, 5.74) is 7.79. The minimum absolute atomic E-state index is 0.110. The van der Waals surface area contributed by atoms with Crippen molar-refractivity contribution >= 4 is 23.2 Å². The van der Waals surface area contributed by atoms with Crippen LogP contribution in [0.4, 0.5) is 5.69 Å². The first-order valence-corrected chi connectivity index (χ1v) is 6.73. The molecule has 0 fully saturated rings. The lowest BCUT2D eigenvalue weighted by Crippen LogP contribution is -2.30. The molecule has 0 saturated heterocycles. The van der Waals surface area contributed by atoms with Crippen molar-refractivity contribution in [2.24, 2.45) is 0 Å². The highest BCUT2D eigenvalue weighted by Gasteiger charge is 2.15. The maximum atomic E-state index is 12.4. The monoisotopic (exact) mass is 289 g/mol. The van der Waals surface area contributed by atoms with Crippen LogP contribution in [-0.4, -0.2) is 22.3 Å². The van der Waals surface area contributed by atoms with Crippen molar-refractivity contribution in [2.45, 2.75) is 13.5 Å². The Balaban J connectivity index is 2.13. The quantitative estimate of drug-likeness (QED) is 0.880. The summed E-state index contributed by atoms with van der Waals surface area (Å²) in [7, 11) is 0. The molecule has 0 radical (unpaired) electrons. The molecule has 1 aromatic carbocycles. The van der Waals surface area contributed by atoms with Gasteiger partial charge in [0.25, 0.3) is 5.91 Å². The van der Waals surface area contributed by atoms with Gasteiger partial charge in [-0.2, -0.15) is 0 Å². The Morgan fingerprint density at radius 2 is 1.95 bits per heavy atom. The normalized spacial score (nSPS) is 10.3. The zero-order chi connectivity index (χ0) is 14.5. The van der Waals surface area contributed by atoms with E-state index < -0.39 is 0 Å². The Hall–Kier alpha value is -2.07. The van der Waals surface area contributed by atoms with E-state index in [1.54, 1.807) is 17.0 Å². The van der Waals surface area contributed by atoms with Gasteiger partial charge in [-0.3, -0.25) is 4.79 Å².